The van der Waals surface area contributed by atoms with Gasteiger partial charge in [0.15, 0.2) is 0 Å². The first-order valence-electron chi connectivity index (χ1n) is 2.76. The Labute approximate surface area is 62.1 Å². The van der Waals surface area contributed by atoms with Crippen LogP contribution in [0.25, 0.3) is 11.0 Å². The maximum Gasteiger partial charge on any atom is 0.132 e. The molecule has 10 heavy (non-hydrogen) atoms. The number of nitrogens with zero attached hydrogens (tertiary/aromatic N) is 3. The van der Waals surface area contributed by atoms with Crippen molar-refractivity contribution in [1.29, 1.82) is 0 Å². The van der Waals surface area contributed by atoms with Gasteiger partial charge in [0.1, 0.15) is 5.15 Å². The lowest BCUT2D eigenvalue weighted by atomic mass is 10.4. The molecule has 2 rings (SSSR count). The third kappa shape index (κ3) is 0.675. The molecule has 0 unspecified atom stereocenters. The van der Waals surface area contributed by atoms with E-state index in [9.17, 15) is 0 Å². The van der Waals surface area contributed by atoms with Crippen molar-refractivity contribution < 1.29 is 0 Å². The Kier molecular flexibility index (Phi) is 1.11. The van der Waals surface area contributed by atoms with Crippen molar-refractivity contribution in [3.63, 3.8) is 0 Å². The van der Waals surface area contributed by atoms with Gasteiger partial charge >= 0.3 is 0 Å². The van der Waals surface area contributed by atoms with Gasteiger partial charge in [-0.1, -0.05) is 17.9 Å². The monoisotopic (exact) mass is 152 g/mol. The van der Waals surface area contributed by atoms with Crippen LogP contribution in [0.15, 0.2) is 18.6 Å². The molecule has 0 radical (unpaired) electrons. The minimum atomic E-state index is 0.412. The second-order valence-electron chi connectivity index (χ2n) is 1.84. The van der Waals surface area contributed by atoms with Crippen molar-refractivity contribution in [2.75, 3.05) is 0 Å². The van der Waals surface area contributed by atoms with Crippen LogP contribution in [-0.2, 0) is 0 Å². The van der Waals surface area contributed by atoms with Gasteiger partial charge in [0.25, 0.3) is 0 Å². The lowest BCUT2D eigenvalue weighted by Gasteiger charge is -1.94. The van der Waals surface area contributed by atoms with Crippen LogP contribution in [0.5, 0.6) is 0 Å². The minimum absolute atomic E-state index is 0.412. The van der Waals surface area contributed by atoms with Crippen molar-refractivity contribution in [2.45, 2.75) is 0 Å². The largest absolute Gasteiger partial charge is 0.443 e. The van der Waals surface area contributed by atoms with Crippen LogP contribution in [0.3, 0.4) is 0 Å². The average molecular weight is 153 g/mol. The summed E-state index contributed by atoms with van der Waals surface area (Å²) in [4.78, 5) is 11.7. The van der Waals surface area contributed by atoms with E-state index in [4.69, 9.17) is 11.6 Å². The van der Waals surface area contributed by atoms with Crippen molar-refractivity contribution in [1.82, 2.24) is 15.0 Å². The Hall–Kier alpha value is -1.09. The van der Waals surface area contributed by atoms with Gasteiger partial charge in [-0.15, -0.1) is 0 Å². The van der Waals surface area contributed by atoms with E-state index in [0.717, 1.165) is 5.52 Å². The highest BCUT2D eigenvalue weighted by atomic mass is 35.5. The number of imidazole rings is 1. The second kappa shape index (κ2) is 1.95. The normalized spacial score (nSPS) is 10.5. The molecule has 0 spiro atoms. The molecular weight excluding hydrogens is 150 g/mol. The van der Waals surface area contributed by atoms with Gasteiger partial charge in [0.2, 0.25) is 0 Å². The maximum atomic E-state index is 5.68. The molecule has 2 aromatic heterocycles. The van der Waals surface area contributed by atoms with Crippen LogP contribution in [0.2, 0.25) is 5.15 Å². The Morgan fingerprint density at radius 1 is 1.40 bits per heavy atom. The number of pyridine rings is 1. The SMILES string of the molecule is Clc1nccc2nc[n-]c12. The van der Waals surface area contributed by atoms with E-state index in [-0.39, 0.29) is 0 Å². The van der Waals surface area contributed by atoms with E-state index < -0.39 is 0 Å². The van der Waals surface area contributed by atoms with Gasteiger partial charge in [-0.25, -0.2) is 4.98 Å². The number of rotatable bonds is 0. The summed E-state index contributed by atoms with van der Waals surface area (Å²) >= 11 is 5.68. The van der Waals surface area contributed by atoms with Gasteiger partial charge in [-0.3, -0.25) is 0 Å². The summed E-state index contributed by atoms with van der Waals surface area (Å²) in [5.41, 5.74) is 1.46. The Balaban J connectivity index is 2.95. The molecule has 50 valence electrons. The fourth-order valence-electron chi connectivity index (χ4n) is 0.791. The molecule has 0 bridgehead atoms. The third-order valence-corrected chi connectivity index (χ3v) is 1.52. The molecule has 0 saturated carbocycles. The van der Waals surface area contributed by atoms with Crippen molar-refractivity contribution in [2.24, 2.45) is 0 Å². The lowest BCUT2D eigenvalue weighted by molar-refractivity contribution is 1.31. The van der Waals surface area contributed by atoms with Crippen molar-refractivity contribution in [3.05, 3.63) is 23.7 Å². The zero-order chi connectivity index (χ0) is 6.97. The maximum absolute atomic E-state index is 5.68. The fraction of sp³-hybridized carbons (Fsp3) is 0. The number of fused-ring (bicyclic) bond motifs is 1. The highest BCUT2D eigenvalue weighted by Gasteiger charge is 1.91. The van der Waals surface area contributed by atoms with Crippen LogP contribution in [0.1, 0.15) is 0 Å². The Bertz CT molecular complexity index is 355. The summed E-state index contributed by atoms with van der Waals surface area (Å²) in [6.45, 7) is 0. The Morgan fingerprint density at radius 2 is 2.30 bits per heavy atom. The quantitative estimate of drug-likeness (QED) is 0.534. The highest BCUT2D eigenvalue weighted by molar-refractivity contribution is 6.33. The number of hydrogen-bond acceptors (Lipinski definition) is 2. The summed E-state index contributed by atoms with van der Waals surface area (Å²) in [6, 6.07) is 1.77. The molecule has 3 nitrogen and oxygen atoms in total. The molecular formula is C6H3ClN3-. The smallest absolute Gasteiger partial charge is 0.132 e. The zero-order valence-electron chi connectivity index (χ0n) is 4.95. The van der Waals surface area contributed by atoms with E-state index >= 15 is 0 Å². The van der Waals surface area contributed by atoms with E-state index in [0.29, 0.717) is 10.7 Å². The predicted molar refractivity (Wildman–Crippen MR) is 37.9 cm³/mol. The van der Waals surface area contributed by atoms with Gasteiger partial charge in [-0.2, -0.15) is 0 Å². The second-order valence-corrected chi connectivity index (χ2v) is 2.20. The summed E-state index contributed by atoms with van der Waals surface area (Å²) in [5, 5.41) is 0.412. The average Bonchev–Trinajstić information content (AvgIpc) is 2.36. The van der Waals surface area contributed by atoms with Crippen LogP contribution < -0.4 is 4.98 Å². The first kappa shape index (κ1) is 5.68. The van der Waals surface area contributed by atoms with Gasteiger partial charge in [0.05, 0.1) is 0 Å². The van der Waals surface area contributed by atoms with Crippen LogP contribution in [-0.4, -0.2) is 9.97 Å². The molecule has 0 aromatic carbocycles. The first-order valence-corrected chi connectivity index (χ1v) is 3.13. The highest BCUT2D eigenvalue weighted by Crippen LogP contribution is 2.14. The van der Waals surface area contributed by atoms with Crippen LogP contribution >= 0.6 is 11.6 Å². The molecule has 2 heterocycles. The number of aromatic nitrogens is 3. The summed E-state index contributed by atoms with van der Waals surface area (Å²) in [5.74, 6) is 0. The zero-order valence-corrected chi connectivity index (χ0v) is 5.71. The van der Waals surface area contributed by atoms with E-state index in [1.165, 1.54) is 6.33 Å². The molecule has 0 aliphatic heterocycles. The predicted octanol–water partition coefficient (Wildman–Crippen LogP) is 1.24. The Morgan fingerprint density at radius 3 is 3.10 bits per heavy atom. The number of halogens is 1. The van der Waals surface area contributed by atoms with E-state index in [1.54, 1.807) is 12.3 Å². The van der Waals surface area contributed by atoms with Gasteiger partial charge in [0, 0.05) is 6.20 Å². The number of hydrogen-bond donors (Lipinski definition) is 0. The first-order chi connectivity index (χ1) is 4.88. The summed E-state index contributed by atoms with van der Waals surface area (Å²) < 4.78 is 0. The summed E-state index contributed by atoms with van der Waals surface area (Å²) in [7, 11) is 0. The molecule has 0 N–H and O–H groups in total. The minimum Gasteiger partial charge on any atom is -0.443 e. The molecule has 0 amide bonds. The molecule has 2 aromatic rings. The molecule has 0 aliphatic carbocycles. The molecule has 0 fully saturated rings. The molecule has 0 atom stereocenters. The standard InChI is InChI=1S/C6H3ClN3/c7-6-5-4(1-2-8-6)9-3-10-5/h1-3H/q-1. The summed E-state index contributed by atoms with van der Waals surface area (Å²) in [6.07, 6.45) is 3.08. The topological polar surface area (TPSA) is 39.9 Å². The molecule has 4 heteroatoms. The lowest BCUT2D eigenvalue weighted by Crippen LogP contribution is -1.76. The molecule has 0 saturated heterocycles. The van der Waals surface area contributed by atoms with Crippen LogP contribution in [0.4, 0.5) is 0 Å². The van der Waals surface area contributed by atoms with E-state index in [2.05, 4.69) is 15.0 Å². The molecule has 0 aliphatic rings. The van der Waals surface area contributed by atoms with Crippen molar-refractivity contribution in [3.8, 4) is 0 Å². The fourth-order valence-corrected chi connectivity index (χ4v) is 0.993. The van der Waals surface area contributed by atoms with Gasteiger partial charge < -0.3 is 9.97 Å². The van der Waals surface area contributed by atoms with E-state index in [1.807, 2.05) is 0 Å². The van der Waals surface area contributed by atoms with Gasteiger partial charge in [-0.05, 0) is 17.1 Å². The van der Waals surface area contributed by atoms with Crippen molar-refractivity contribution >= 4 is 22.6 Å². The third-order valence-electron chi connectivity index (χ3n) is 1.24. The van der Waals surface area contributed by atoms with Crippen LogP contribution in [0, 0.1) is 0 Å².